The van der Waals surface area contributed by atoms with Crippen molar-refractivity contribution in [1.82, 2.24) is 0 Å². The Kier molecular flexibility index (Phi) is 25.8. The van der Waals surface area contributed by atoms with Crippen molar-refractivity contribution in [2.45, 2.75) is 40.0 Å². The van der Waals surface area contributed by atoms with E-state index in [0.717, 1.165) is 12.8 Å². The van der Waals surface area contributed by atoms with E-state index in [1.54, 1.807) is 6.92 Å². The number of ether oxygens (including phenoxy) is 1. The van der Waals surface area contributed by atoms with E-state index >= 15 is 0 Å². The summed E-state index contributed by atoms with van der Waals surface area (Å²) in [6.45, 7) is 9.83. The predicted molar refractivity (Wildman–Crippen MR) is 47.2 cm³/mol. The predicted octanol–water partition coefficient (Wildman–Crippen LogP) is -0.416. The van der Waals surface area contributed by atoms with Crippen LogP contribution in [0.4, 0.5) is 0 Å². The van der Waals surface area contributed by atoms with Crippen LogP contribution in [-0.2, 0) is 9.53 Å². The van der Waals surface area contributed by atoms with Gasteiger partial charge in [-0.2, -0.15) is 6.42 Å². The van der Waals surface area contributed by atoms with Gasteiger partial charge in [0, 0.05) is 6.42 Å². The van der Waals surface area contributed by atoms with Crippen molar-refractivity contribution in [3.63, 3.8) is 0 Å². The second-order valence-electron chi connectivity index (χ2n) is 2.07. The van der Waals surface area contributed by atoms with Gasteiger partial charge in [-0.15, -0.1) is 0 Å². The van der Waals surface area contributed by atoms with Crippen LogP contribution in [0.15, 0.2) is 0 Å². The Morgan fingerprint density at radius 1 is 1.33 bits per heavy atom. The van der Waals surface area contributed by atoms with Crippen molar-refractivity contribution >= 4 is 5.97 Å². The van der Waals surface area contributed by atoms with Crippen LogP contribution in [0.2, 0.25) is 0 Å². The van der Waals surface area contributed by atoms with Gasteiger partial charge in [0.2, 0.25) is 0 Å². The monoisotopic (exact) mass is 166 g/mol. The third-order valence-corrected chi connectivity index (χ3v) is 0.756. The summed E-state index contributed by atoms with van der Waals surface area (Å²) in [5.41, 5.74) is 0. The van der Waals surface area contributed by atoms with Crippen LogP contribution in [-0.4, -0.2) is 12.6 Å². The molecule has 0 rings (SSSR count). The van der Waals surface area contributed by atoms with Crippen LogP contribution < -0.4 is 18.9 Å². The molecule has 0 aromatic heterocycles. The summed E-state index contributed by atoms with van der Waals surface area (Å²) in [7, 11) is 0. The van der Waals surface area contributed by atoms with Gasteiger partial charge in [-0.1, -0.05) is 20.8 Å². The first-order valence-electron chi connectivity index (χ1n) is 4.17. The van der Waals surface area contributed by atoms with E-state index in [2.05, 4.69) is 6.92 Å². The van der Waals surface area contributed by atoms with Gasteiger partial charge in [-0.05, 0) is 6.42 Å². The first kappa shape index (κ1) is 18.0. The maximum absolute atomic E-state index is 10.3. The van der Waals surface area contributed by atoms with E-state index in [9.17, 15) is 4.79 Å². The van der Waals surface area contributed by atoms with Crippen molar-refractivity contribution in [3.8, 4) is 0 Å². The van der Waals surface area contributed by atoms with E-state index in [-0.39, 0.29) is 24.8 Å². The Hall–Kier alpha value is 0.0674. The number of hydrogen-bond acceptors (Lipinski definition) is 2. The Balaban J connectivity index is -0.000000177. The third kappa shape index (κ3) is 22.5. The molecule has 0 aliphatic carbocycles. The molecule has 12 heavy (non-hydrogen) atoms. The molecular formula is C9H19LiO2. The minimum atomic E-state index is -0.105. The number of hydrogen-bond donors (Lipinski definition) is 0. The summed E-state index contributed by atoms with van der Waals surface area (Å²) in [6.07, 6.45) is 2.39. The van der Waals surface area contributed by atoms with Gasteiger partial charge >= 0.3 is 24.8 Å². The normalized spacial score (nSPS) is 7.33. The fourth-order valence-electron chi connectivity index (χ4n) is 0.318. The van der Waals surface area contributed by atoms with Crippen molar-refractivity contribution in [2.75, 3.05) is 6.61 Å². The van der Waals surface area contributed by atoms with E-state index in [1.807, 2.05) is 13.8 Å². The molecule has 0 aliphatic rings. The molecule has 3 heteroatoms. The van der Waals surface area contributed by atoms with Gasteiger partial charge in [-0.25, -0.2) is 0 Å². The summed E-state index contributed by atoms with van der Waals surface area (Å²) < 4.78 is 4.70. The van der Waals surface area contributed by atoms with Gasteiger partial charge in [0.1, 0.15) is 0 Å². The molecule has 0 bridgehead atoms. The quantitative estimate of drug-likeness (QED) is 0.323. The van der Waals surface area contributed by atoms with Crippen molar-refractivity contribution in [2.24, 2.45) is 0 Å². The van der Waals surface area contributed by atoms with Crippen molar-refractivity contribution in [3.05, 3.63) is 6.92 Å². The first-order valence-corrected chi connectivity index (χ1v) is 4.17. The standard InChI is InChI=1S/C6H12O2.C3H7.Li/c1-3-5-8-6(7)4-2;1-3-2;/h3-5H2,1-2H3;1,3H2,2H3;/q;-1;+1. The molecule has 0 saturated heterocycles. The molecule has 0 atom stereocenters. The number of carbonyl (C=O) groups excluding carboxylic acids is 1. The minimum Gasteiger partial charge on any atom is -0.466 e. The van der Waals surface area contributed by atoms with Crippen LogP contribution in [0.3, 0.4) is 0 Å². The zero-order chi connectivity index (χ0) is 9.11. The molecule has 0 spiro atoms. The number of esters is 1. The molecule has 0 fully saturated rings. The van der Waals surface area contributed by atoms with E-state index in [1.165, 1.54) is 0 Å². The molecular weight excluding hydrogens is 147 g/mol. The molecule has 0 aliphatic heterocycles. The molecule has 68 valence electrons. The van der Waals surface area contributed by atoms with Crippen LogP contribution in [0.25, 0.3) is 0 Å². The average Bonchev–Trinajstić information content (AvgIpc) is 2.02. The second-order valence-corrected chi connectivity index (χ2v) is 2.07. The Bertz CT molecular complexity index is 84.6. The van der Waals surface area contributed by atoms with Crippen molar-refractivity contribution < 1.29 is 28.4 Å². The SMILES string of the molecule is CCCOC(=O)CC.[CH2-]CC.[Li+]. The van der Waals surface area contributed by atoms with Gasteiger partial charge in [0.15, 0.2) is 0 Å². The summed E-state index contributed by atoms with van der Waals surface area (Å²) >= 11 is 0. The molecule has 2 nitrogen and oxygen atoms in total. The topological polar surface area (TPSA) is 26.3 Å². The summed E-state index contributed by atoms with van der Waals surface area (Å²) in [6, 6.07) is 0. The van der Waals surface area contributed by atoms with Gasteiger partial charge in [0.25, 0.3) is 0 Å². The smallest absolute Gasteiger partial charge is 0.466 e. The largest absolute Gasteiger partial charge is 1.00 e. The van der Waals surface area contributed by atoms with E-state index < -0.39 is 0 Å². The zero-order valence-corrected chi connectivity index (χ0v) is 8.85. The molecule has 0 radical (unpaired) electrons. The molecule has 0 heterocycles. The van der Waals surface area contributed by atoms with Crippen LogP contribution in [0.5, 0.6) is 0 Å². The fourth-order valence-corrected chi connectivity index (χ4v) is 0.318. The molecule has 0 unspecified atom stereocenters. The summed E-state index contributed by atoms with van der Waals surface area (Å²) in [4.78, 5) is 10.3. The Morgan fingerprint density at radius 3 is 2.00 bits per heavy atom. The number of rotatable bonds is 3. The molecule has 0 N–H and O–H groups in total. The molecule has 0 saturated carbocycles. The summed E-state index contributed by atoms with van der Waals surface area (Å²) in [5, 5.41) is 0. The van der Waals surface area contributed by atoms with Crippen LogP contribution >= 0.6 is 0 Å². The fraction of sp³-hybridized carbons (Fsp3) is 0.778. The van der Waals surface area contributed by atoms with Gasteiger partial charge in [0.05, 0.1) is 6.61 Å². The van der Waals surface area contributed by atoms with E-state index in [4.69, 9.17) is 4.74 Å². The maximum atomic E-state index is 10.3. The second kappa shape index (κ2) is 17.2. The Labute approximate surface area is 88.2 Å². The third-order valence-electron chi connectivity index (χ3n) is 0.756. The summed E-state index contributed by atoms with van der Waals surface area (Å²) in [5.74, 6) is -0.105. The Morgan fingerprint density at radius 2 is 1.75 bits per heavy atom. The average molecular weight is 166 g/mol. The first-order chi connectivity index (χ1) is 5.22. The van der Waals surface area contributed by atoms with Crippen LogP contribution in [0, 0.1) is 6.92 Å². The van der Waals surface area contributed by atoms with Gasteiger partial charge in [-0.3, -0.25) is 4.79 Å². The number of carbonyl (C=O) groups is 1. The van der Waals surface area contributed by atoms with Gasteiger partial charge < -0.3 is 11.7 Å². The molecule has 0 aromatic carbocycles. The van der Waals surface area contributed by atoms with E-state index in [0.29, 0.717) is 13.0 Å². The van der Waals surface area contributed by atoms with Crippen molar-refractivity contribution in [1.29, 1.82) is 0 Å². The minimum absolute atomic E-state index is 0. The molecule has 0 amide bonds. The zero-order valence-electron chi connectivity index (χ0n) is 8.85. The molecule has 0 aromatic rings. The van der Waals surface area contributed by atoms with Crippen LogP contribution in [0.1, 0.15) is 40.0 Å². The maximum Gasteiger partial charge on any atom is 1.00 e.